The van der Waals surface area contributed by atoms with Gasteiger partial charge in [0.25, 0.3) is 0 Å². The van der Waals surface area contributed by atoms with E-state index < -0.39 is 12.1 Å². The number of nitrogens with two attached hydrogens (primary N) is 1. The highest BCUT2D eigenvalue weighted by Crippen LogP contribution is 2.27. The third kappa shape index (κ3) is 5.81. The number of fused-ring (bicyclic) bond motifs is 1. The number of anilines is 1. The second-order valence-electron chi connectivity index (χ2n) is 7.97. The van der Waals surface area contributed by atoms with Gasteiger partial charge in [0.05, 0.1) is 29.2 Å². The number of hydrogen-bond donors (Lipinski definition) is 2. The molecule has 10 heteroatoms. The molecule has 1 saturated heterocycles. The summed E-state index contributed by atoms with van der Waals surface area (Å²) in [6.07, 6.45) is -4.00. The summed E-state index contributed by atoms with van der Waals surface area (Å²) in [6.45, 7) is 4.76. The zero-order chi connectivity index (χ0) is 24.2. The van der Waals surface area contributed by atoms with Gasteiger partial charge in [-0.1, -0.05) is 31.2 Å². The van der Waals surface area contributed by atoms with Crippen molar-refractivity contribution >= 4 is 23.0 Å². The Kier molecular flexibility index (Phi) is 7.23. The van der Waals surface area contributed by atoms with Crippen molar-refractivity contribution in [2.75, 3.05) is 18.0 Å². The van der Waals surface area contributed by atoms with Crippen LogP contribution < -0.4 is 10.6 Å². The number of aromatic nitrogens is 2. The molecule has 4 rings (SSSR count). The molecule has 0 unspecified atom stereocenters. The Labute approximate surface area is 188 Å². The molecule has 3 aromatic rings. The predicted octanol–water partition coefficient (Wildman–Crippen LogP) is 3.76. The maximum atomic E-state index is 10.6. The lowest BCUT2D eigenvalue weighted by Crippen LogP contribution is -2.48. The minimum absolute atomic E-state index is 0.173. The predicted molar refractivity (Wildman–Crippen MR) is 118 cm³/mol. The number of piperidine rings is 1. The summed E-state index contributed by atoms with van der Waals surface area (Å²) in [7, 11) is 0. The normalized spacial score (nSPS) is 18.4. The molecule has 1 aliphatic rings. The highest BCUT2D eigenvalue weighted by Gasteiger charge is 2.38. The minimum atomic E-state index is -5.08. The highest BCUT2D eigenvalue weighted by atomic mass is 19.4. The van der Waals surface area contributed by atoms with Gasteiger partial charge >= 0.3 is 12.1 Å². The van der Waals surface area contributed by atoms with Crippen molar-refractivity contribution in [2.24, 2.45) is 11.7 Å². The summed E-state index contributed by atoms with van der Waals surface area (Å²) >= 11 is 0. The summed E-state index contributed by atoms with van der Waals surface area (Å²) in [5.74, 6) is -1.23. The third-order valence-corrected chi connectivity index (χ3v) is 5.60. The first-order chi connectivity index (χ1) is 15.6. The summed E-state index contributed by atoms with van der Waals surface area (Å²) in [4.78, 5) is 16.1. The molecule has 7 nitrogen and oxygen atoms in total. The average Bonchev–Trinajstić information content (AvgIpc) is 3.14. The second-order valence-corrected chi connectivity index (χ2v) is 7.97. The molecular formula is C23H24F3N5O2. The molecule has 2 heterocycles. The molecule has 0 saturated carbocycles. The maximum Gasteiger partial charge on any atom is 0.490 e. The van der Waals surface area contributed by atoms with E-state index in [9.17, 15) is 13.2 Å². The van der Waals surface area contributed by atoms with E-state index in [2.05, 4.69) is 34.6 Å². The molecule has 0 amide bonds. The quantitative estimate of drug-likeness (QED) is 0.617. The number of halogens is 3. The van der Waals surface area contributed by atoms with Crippen LogP contribution in [0.4, 0.5) is 19.1 Å². The second kappa shape index (κ2) is 9.92. The van der Waals surface area contributed by atoms with Crippen LogP contribution in [0.3, 0.4) is 0 Å². The first kappa shape index (κ1) is 24.1. The first-order valence-corrected chi connectivity index (χ1v) is 10.3. The Morgan fingerprint density at radius 3 is 2.45 bits per heavy atom. The molecule has 1 aromatic heterocycles. The molecule has 1 aliphatic heterocycles. The van der Waals surface area contributed by atoms with E-state index in [1.54, 1.807) is 0 Å². The van der Waals surface area contributed by atoms with Crippen LogP contribution in [0.1, 0.15) is 24.5 Å². The van der Waals surface area contributed by atoms with Crippen LogP contribution in [0.5, 0.6) is 0 Å². The fourth-order valence-electron chi connectivity index (χ4n) is 3.61. The van der Waals surface area contributed by atoms with Gasteiger partial charge in [-0.05, 0) is 42.2 Å². The molecular weight excluding hydrogens is 435 g/mol. The number of carboxylic acids is 1. The zero-order valence-electron chi connectivity index (χ0n) is 18.0. The van der Waals surface area contributed by atoms with Crippen LogP contribution in [-0.2, 0) is 11.3 Å². The number of aliphatic carboxylic acids is 1. The van der Waals surface area contributed by atoms with Crippen molar-refractivity contribution in [1.29, 1.82) is 5.26 Å². The van der Waals surface area contributed by atoms with Crippen LogP contribution in [0, 0.1) is 17.2 Å². The number of carboxylic acid groups (broad SMARTS) is 1. The lowest BCUT2D eigenvalue weighted by atomic mass is 9.94. The van der Waals surface area contributed by atoms with E-state index in [0.29, 0.717) is 11.5 Å². The number of rotatable bonds is 3. The van der Waals surface area contributed by atoms with Gasteiger partial charge in [-0.3, -0.25) is 0 Å². The number of alkyl halides is 3. The molecule has 2 atom stereocenters. The molecule has 0 aliphatic carbocycles. The van der Waals surface area contributed by atoms with E-state index in [4.69, 9.17) is 25.9 Å². The number of benzene rings is 2. The number of imidazole rings is 1. The lowest BCUT2D eigenvalue weighted by Gasteiger charge is -2.36. The molecule has 33 heavy (non-hydrogen) atoms. The fraction of sp³-hybridized carbons (Fsp3) is 0.348. The van der Waals surface area contributed by atoms with Crippen molar-refractivity contribution in [3.63, 3.8) is 0 Å². The number of hydrogen-bond acceptors (Lipinski definition) is 5. The SMILES string of the molecule is C[C@@H]1CCN(c2nc3ccccc3n2Cc2ccc(C#N)cc2)C[C@H]1N.O=C(O)C(F)(F)F. The Morgan fingerprint density at radius 1 is 1.24 bits per heavy atom. The summed E-state index contributed by atoms with van der Waals surface area (Å²) in [5.41, 5.74) is 10.3. The Morgan fingerprint density at radius 2 is 1.88 bits per heavy atom. The summed E-state index contributed by atoms with van der Waals surface area (Å²) in [6, 6.07) is 18.4. The number of para-hydroxylation sites is 2. The third-order valence-electron chi connectivity index (χ3n) is 5.60. The Bertz CT molecular complexity index is 1150. The van der Waals surface area contributed by atoms with Gasteiger partial charge in [0.2, 0.25) is 5.95 Å². The van der Waals surface area contributed by atoms with Gasteiger partial charge in [-0.15, -0.1) is 0 Å². The van der Waals surface area contributed by atoms with Gasteiger partial charge < -0.3 is 20.3 Å². The van der Waals surface area contributed by atoms with Crippen molar-refractivity contribution in [3.8, 4) is 6.07 Å². The van der Waals surface area contributed by atoms with Gasteiger partial charge in [0, 0.05) is 19.1 Å². The van der Waals surface area contributed by atoms with Gasteiger partial charge in [0.1, 0.15) is 0 Å². The smallest absolute Gasteiger partial charge is 0.475 e. The van der Waals surface area contributed by atoms with Crippen molar-refractivity contribution < 1.29 is 23.1 Å². The van der Waals surface area contributed by atoms with Gasteiger partial charge in [-0.25, -0.2) is 9.78 Å². The molecule has 0 spiro atoms. The monoisotopic (exact) mass is 459 g/mol. The molecule has 0 radical (unpaired) electrons. The highest BCUT2D eigenvalue weighted by molar-refractivity contribution is 5.79. The maximum absolute atomic E-state index is 10.6. The van der Waals surface area contributed by atoms with Crippen molar-refractivity contribution in [3.05, 3.63) is 59.7 Å². The topological polar surface area (TPSA) is 108 Å². The first-order valence-electron chi connectivity index (χ1n) is 10.3. The minimum Gasteiger partial charge on any atom is -0.475 e. The Hall–Kier alpha value is -3.58. The number of nitriles is 1. The molecule has 1 fully saturated rings. The van der Waals surface area contributed by atoms with Crippen molar-refractivity contribution in [2.45, 2.75) is 32.1 Å². The van der Waals surface area contributed by atoms with Crippen LogP contribution >= 0.6 is 0 Å². The van der Waals surface area contributed by atoms with Crippen LogP contribution in [0.15, 0.2) is 48.5 Å². The van der Waals surface area contributed by atoms with E-state index in [0.717, 1.165) is 48.6 Å². The van der Waals surface area contributed by atoms with Gasteiger partial charge in [-0.2, -0.15) is 18.4 Å². The Balaban J connectivity index is 0.000000383. The van der Waals surface area contributed by atoms with E-state index in [1.165, 1.54) is 0 Å². The van der Waals surface area contributed by atoms with Gasteiger partial charge in [0.15, 0.2) is 0 Å². The number of carbonyl (C=O) groups is 1. The van der Waals surface area contributed by atoms with Crippen LogP contribution in [0.25, 0.3) is 11.0 Å². The van der Waals surface area contributed by atoms with Crippen LogP contribution in [0.2, 0.25) is 0 Å². The largest absolute Gasteiger partial charge is 0.490 e. The average molecular weight is 459 g/mol. The molecule has 3 N–H and O–H groups in total. The summed E-state index contributed by atoms with van der Waals surface area (Å²) < 4.78 is 34.0. The molecule has 174 valence electrons. The standard InChI is InChI=1S/C21H23N5.C2HF3O2/c1-15-10-11-25(14-18(15)23)21-24-19-4-2-3-5-20(19)26(21)13-17-8-6-16(12-22)7-9-17;3-2(4,5)1(6)7/h2-9,15,18H,10-11,13-14,23H2,1H3;(H,6,7)/t15-,18-;/m1./s1. The van der Waals surface area contributed by atoms with E-state index in [-0.39, 0.29) is 6.04 Å². The fourth-order valence-corrected chi connectivity index (χ4v) is 3.61. The number of nitrogens with zero attached hydrogens (tertiary/aromatic N) is 4. The molecule has 2 aromatic carbocycles. The summed E-state index contributed by atoms with van der Waals surface area (Å²) in [5, 5.41) is 16.1. The molecule has 0 bridgehead atoms. The van der Waals surface area contributed by atoms with Crippen LogP contribution in [-0.4, -0.2) is 45.9 Å². The lowest BCUT2D eigenvalue weighted by molar-refractivity contribution is -0.192. The zero-order valence-corrected chi connectivity index (χ0v) is 18.0. The van der Waals surface area contributed by atoms with Crippen molar-refractivity contribution in [1.82, 2.24) is 9.55 Å². The van der Waals surface area contributed by atoms with E-state index >= 15 is 0 Å². The van der Waals surface area contributed by atoms with E-state index in [1.807, 2.05) is 36.4 Å².